The number of nitrogens with zero attached hydrogens (tertiary/aromatic N) is 4. The van der Waals surface area contributed by atoms with E-state index in [0.717, 1.165) is 0 Å². The summed E-state index contributed by atoms with van der Waals surface area (Å²) in [7, 11) is 0. The minimum absolute atomic E-state index is 0.211. The fourth-order valence-corrected chi connectivity index (χ4v) is 1.68. The summed E-state index contributed by atoms with van der Waals surface area (Å²) in [6.07, 6.45) is 1.56. The van der Waals surface area contributed by atoms with Crippen molar-refractivity contribution in [2.24, 2.45) is 5.92 Å². The van der Waals surface area contributed by atoms with E-state index in [0.29, 0.717) is 24.7 Å². The van der Waals surface area contributed by atoms with Gasteiger partial charge in [0.15, 0.2) is 0 Å². The molecule has 84 valence electrons. The second-order valence-corrected chi connectivity index (χ2v) is 4.47. The number of aromatic nitrogens is 2. The number of anilines is 1. The number of β-amino-alcohol motifs (C(OH)–C–C–N with tert-alkyl or cyclic N) is 1. The molecule has 1 aromatic rings. The molecule has 1 aliphatic rings. The van der Waals surface area contributed by atoms with Gasteiger partial charge >= 0.3 is 0 Å². The van der Waals surface area contributed by atoms with Crippen LogP contribution in [0.15, 0.2) is 12.3 Å². The summed E-state index contributed by atoms with van der Waals surface area (Å²) >= 11 is 0. The lowest BCUT2D eigenvalue weighted by Gasteiger charge is -2.48. The molecule has 0 aromatic carbocycles. The largest absolute Gasteiger partial charge is 0.386 e. The van der Waals surface area contributed by atoms with Crippen LogP contribution in [0, 0.1) is 17.2 Å². The van der Waals surface area contributed by atoms with Crippen molar-refractivity contribution in [2.75, 3.05) is 18.0 Å². The Morgan fingerprint density at radius 2 is 2.25 bits per heavy atom. The van der Waals surface area contributed by atoms with Crippen LogP contribution in [0.5, 0.6) is 0 Å². The van der Waals surface area contributed by atoms with Gasteiger partial charge in [-0.3, -0.25) is 0 Å². The van der Waals surface area contributed by atoms with Crippen LogP contribution in [-0.2, 0) is 0 Å². The smallest absolute Gasteiger partial charge is 0.226 e. The van der Waals surface area contributed by atoms with Gasteiger partial charge in [0.05, 0.1) is 13.1 Å². The predicted octanol–water partition coefficient (Wildman–Crippen LogP) is 0.555. The molecular weight excluding hydrogens is 204 g/mol. The van der Waals surface area contributed by atoms with Gasteiger partial charge in [-0.05, 0) is 12.0 Å². The molecule has 0 saturated carbocycles. The van der Waals surface area contributed by atoms with Crippen molar-refractivity contribution in [3.05, 3.63) is 18.0 Å². The molecule has 0 bridgehead atoms. The molecule has 1 fully saturated rings. The summed E-state index contributed by atoms with van der Waals surface area (Å²) < 4.78 is 0. The summed E-state index contributed by atoms with van der Waals surface area (Å²) in [6, 6.07) is 3.54. The Bertz CT molecular complexity index is 432. The van der Waals surface area contributed by atoms with E-state index >= 15 is 0 Å². The van der Waals surface area contributed by atoms with E-state index in [1.165, 1.54) is 0 Å². The quantitative estimate of drug-likeness (QED) is 0.785. The minimum Gasteiger partial charge on any atom is -0.386 e. The number of hydrogen-bond acceptors (Lipinski definition) is 5. The van der Waals surface area contributed by atoms with Gasteiger partial charge in [0.25, 0.3) is 0 Å². The third kappa shape index (κ3) is 1.72. The zero-order valence-corrected chi connectivity index (χ0v) is 9.38. The Kier molecular flexibility index (Phi) is 2.52. The van der Waals surface area contributed by atoms with Crippen molar-refractivity contribution in [1.82, 2.24) is 9.97 Å². The summed E-state index contributed by atoms with van der Waals surface area (Å²) in [4.78, 5) is 10.0. The van der Waals surface area contributed by atoms with E-state index in [2.05, 4.69) is 9.97 Å². The van der Waals surface area contributed by atoms with Crippen LogP contribution in [0.1, 0.15) is 19.5 Å². The fraction of sp³-hybridized carbons (Fsp3) is 0.545. The third-order valence-corrected chi connectivity index (χ3v) is 3.04. The van der Waals surface area contributed by atoms with Crippen molar-refractivity contribution >= 4 is 5.95 Å². The van der Waals surface area contributed by atoms with E-state index in [9.17, 15) is 5.11 Å². The highest BCUT2D eigenvalue weighted by molar-refractivity contribution is 5.39. The highest BCUT2D eigenvalue weighted by Crippen LogP contribution is 2.30. The average molecular weight is 218 g/mol. The van der Waals surface area contributed by atoms with E-state index in [1.807, 2.05) is 24.8 Å². The Balaban J connectivity index is 2.10. The molecule has 1 aliphatic heterocycles. The van der Waals surface area contributed by atoms with E-state index in [1.54, 1.807) is 12.3 Å². The lowest BCUT2D eigenvalue weighted by molar-refractivity contribution is -0.0308. The molecule has 5 heteroatoms. The van der Waals surface area contributed by atoms with Crippen molar-refractivity contribution in [2.45, 2.75) is 19.4 Å². The molecule has 0 amide bonds. The van der Waals surface area contributed by atoms with Crippen LogP contribution >= 0.6 is 0 Å². The Morgan fingerprint density at radius 3 is 2.81 bits per heavy atom. The molecule has 0 radical (unpaired) electrons. The lowest BCUT2D eigenvalue weighted by Crippen LogP contribution is -2.65. The van der Waals surface area contributed by atoms with Gasteiger partial charge in [0.1, 0.15) is 17.4 Å². The molecule has 1 saturated heterocycles. The highest BCUT2D eigenvalue weighted by Gasteiger charge is 2.44. The number of nitriles is 1. The number of aliphatic hydroxyl groups is 1. The zero-order valence-electron chi connectivity index (χ0n) is 9.38. The predicted molar refractivity (Wildman–Crippen MR) is 58.7 cm³/mol. The van der Waals surface area contributed by atoms with Gasteiger partial charge in [-0.15, -0.1) is 0 Å². The van der Waals surface area contributed by atoms with Gasteiger partial charge in [0.2, 0.25) is 5.95 Å². The lowest BCUT2D eigenvalue weighted by atomic mass is 9.83. The molecule has 0 unspecified atom stereocenters. The topological polar surface area (TPSA) is 73.0 Å². The van der Waals surface area contributed by atoms with Gasteiger partial charge in [-0.2, -0.15) is 5.26 Å². The highest BCUT2D eigenvalue weighted by atomic mass is 16.3. The standard InChI is InChI=1S/C11H14N4O/c1-8(2)11(16)6-15(7-11)10-13-4-3-9(5-12)14-10/h3-4,8,16H,6-7H2,1-2H3. The summed E-state index contributed by atoms with van der Waals surface area (Å²) in [5.74, 6) is 0.729. The average Bonchev–Trinajstić information content (AvgIpc) is 2.24. The molecule has 2 rings (SSSR count). The van der Waals surface area contributed by atoms with Gasteiger partial charge in [-0.1, -0.05) is 13.8 Å². The van der Waals surface area contributed by atoms with E-state index in [-0.39, 0.29) is 5.92 Å². The fourth-order valence-electron chi connectivity index (χ4n) is 1.68. The number of hydrogen-bond donors (Lipinski definition) is 1. The molecule has 5 nitrogen and oxygen atoms in total. The van der Waals surface area contributed by atoms with Crippen LogP contribution in [-0.4, -0.2) is 33.8 Å². The maximum absolute atomic E-state index is 10.1. The maximum atomic E-state index is 10.1. The van der Waals surface area contributed by atoms with E-state index in [4.69, 9.17) is 5.26 Å². The van der Waals surface area contributed by atoms with Gasteiger partial charge in [-0.25, -0.2) is 9.97 Å². The molecular formula is C11H14N4O. The minimum atomic E-state index is -0.647. The molecule has 0 aliphatic carbocycles. The van der Waals surface area contributed by atoms with E-state index < -0.39 is 5.60 Å². The van der Waals surface area contributed by atoms with Crippen molar-refractivity contribution < 1.29 is 5.11 Å². The molecule has 0 spiro atoms. The second kappa shape index (κ2) is 3.72. The van der Waals surface area contributed by atoms with Crippen molar-refractivity contribution in [3.8, 4) is 6.07 Å². The molecule has 1 N–H and O–H groups in total. The third-order valence-electron chi connectivity index (χ3n) is 3.04. The summed E-state index contributed by atoms with van der Waals surface area (Å²) in [5.41, 5.74) is -0.295. The Labute approximate surface area is 94.4 Å². The first-order chi connectivity index (χ1) is 7.55. The summed E-state index contributed by atoms with van der Waals surface area (Å²) in [6.45, 7) is 5.03. The SMILES string of the molecule is CC(C)C1(O)CN(c2nccc(C#N)n2)C1. The number of rotatable bonds is 2. The first-order valence-electron chi connectivity index (χ1n) is 5.25. The van der Waals surface area contributed by atoms with Crippen LogP contribution < -0.4 is 4.90 Å². The molecule has 0 atom stereocenters. The Hall–Kier alpha value is -1.67. The van der Waals surface area contributed by atoms with Crippen LogP contribution in [0.4, 0.5) is 5.95 Å². The maximum Gasteiger partial charge on any atom is 0.226 e. The first-order valence-corrected chi connectivity index (χ1v) is 5.25. The normalized spacial score (nSPS) is 18.1. The zero-order chi connectivity index (χ0) is 11.8. The van der Waals surface area contributed by atoms with Crippen molar-refractivity contribution in [3.63, 3.8) is 0 Å². The van der Waals surface area contributed by atoms with Gasteiger partial charge in [0, 0.05) is 6.20 Å². The second-order valence-electron chi connectivity index (χ2n) is 4.47. The molecule has 16 heavy (non-hydrogen) atoms. The monoisotopic (exact) mass is 218 g/mol. The van der Waals surface area contributed by atoms with Crippen LogP contribution in [0.2, 0.25) is 0 Å². The van der Waals surface area contributed by atoms with Crippen LogP contribution in [0.3, 0.4) is 0 Å². The molecule has 1 aromatic heterocycles. The summed E-state index contributed by atoms with van der Waals surface area (Å²) in [5, 5.41) is 18.8. The van der Waals surface area contributed by atoms with Crippen LogP contribution in [0.25, 0.3) is 0 Å². The first kappa shape index (κ1) is 10.8. The Morgan fingerprint density at radius 1 is 1.56 bits per heavy atom. The molecule has 2 heterocycles. The van der Waals surface area contributed by atoms with Crippen molar-refractivity contribution in [1.29, 1.82) is 5.26 Å². The van der Waals surface area contributed by atoms with Gasteiger partial charge < -0.3 is 10.0 Å².